The fraction of sp³-hybridized carbons (Fsp3) is 0.0500. The van der Waals surface area contributed by atoms with E-state index in [1.165, 1.54) is 0 Å². The van der Waals surface area contributed by atoms with Crippen LogP contribution in [-0.4, -0.2) is 16.0 Å². The molecule has 0 aliphatic carbocycles. The summed E-state index contributed by atoms with van der Waals surface area (Å²) in [7, 11) is 0. The molecule has 0 heterocycles. The van der Waals surface area contributed by atoms with Crippen LogP contribution < -0.4 is 0 Å². The van der Waals surface area contributed by atoms with E-state index < -0.39 is 5.60 Å². The zero-order chi connectivity index (χ0) is 16.1. The molecule has 0 spiro atoms. The lowest BCUT2D eigenvalue weighted by atomic mass is 9.79. The van der Waals surface area contributed by atoms with Crippen molar-refractivity contribution in [3.05, 3.63) is 108 Å². The zero-order valence-electron chi connectivity index (χ0n) is 12.5. The van der Waals surface area contributed by atoms with E-state index in [9.17, 15) is 10.3 Å². The molecule has 23 heavy (non-hydrogen) atoms. The molecule has 0 aliphatic rings. The summed E-state index contributed by atoms with van der Waals surface area (Å²) >= 11 is 0. The summed E-state index contributed by atoms with van der Waals surface area (Å²) in [6, 6.07) is 27.6. The highest BCUT2D eigenvalue weighted by Crippen LogP contribution is 2.33. The lowest BCUT2D eigenvalue weighted by Crippen LogP contribution is -2.37. The van der Waals surface area contributed by atoms with Gasteiger partial charge in [-0.25, -0.2) is 0 Å². The van der Waals surface area contributed by atoms with Crippen molar-refractivity contribution in [3.8, 4) is 0 Å². The van der Waals surface area contributed by atoms with Gasteiger partial charge in [0.2, 0.25) is 0 Å². The third-order valence-electron chi connectivity index (χ3n) is 3.87. The summed E-state index contributed by atoms with van der Waals surface area (Å²) in [5, 5.41) is 24.7. The second kappa shape index (κ2) is 6.46. The Morgan fingerprint density at radius 1 is 0.652 bits per heavy atom. The SMILES string of the molecule is ON=C(c1ccccc1)C(O)(c1ccccc1)c1ccccc1. The van der Waals surface area contributed by atoms with Crippen LogP contribution in [0.4, 0.5) is 0 Å². The predicted octanol–water partition coefficient (Wildman–Crippen LogP) is 3.80. The molecular formula is C20H17NO2. The van der Waals surface area contributed by atoms with E-state index in [4.69, 9.17) is 0 Å². The van der Waals surface area contributed by atoms with Crippen molar-refractivity contribution in [2.45, 2.75) is 5.60 Å². The lowest BCUT2D eigenvalue weighted by molar-refractivity contribution is 0.150. The molecule has 0 saturated heterocycles. The van der Waals surface area contributed by atoms with E-state index in [0.717, 1.165) is 0 Å². The molecule has 0 bridgehead atoms. The monoisotopic (exact) mass is 303 g/mol. The fourth-order valence-electron chi connectivity index (χ4n) is 2.73. The minimum Gasteiger partial charge on any atom is -0.411 e. The molecule has 0 aliphatic heterocycles. The maximum absolute atomic E-state index is 11.6. The molecule has 0 radical (unpaired) electrons. The van der Waals surface area contributed by atoms with Crippen molar-refractivity contribution in [1.82, 2.24) is 0 Å². The second-order valence-electron chi connectivity index (χ2n) is 5.26. The molecular weight excluding hydrogens is 286 g/mol. The summed E-state index contributed by atoms with van der Waals surface area (Å²) in [5.41, 5.74) is 0.588. The minimum absolute atomic E-state index is 0.190. The number of benzene rings is 3. The summed E-state index contributed by atoms with van der Waals surface area (Å²) in [4.78, 5) is 0. The van der Waals surface area contributed by atoms with Gasteiger partial charge in [0.1, 0.15) is 5.71 Å². The first-order valence-electron chi connectivity index (χ1n) is 7.38. The van der Waals surface area contributed by atoms with Crippen LogP contribution in [0.2, 0.25) is 0 Å². The number of rotatable bonds is 4. The van der Waals surface area contributed by atoms with E-state index in [1.807, 2.05) is 91.0 Å². The Bertz CT molecular complexity index is 744. The van der Waals surface area contributed by atoms with E-state index in [2.05, 4.69) is 5.16 Å². The molecule has 3 aromatic carbocycles. The van der Waals surface area contributed by atoms with Crippen molar-refractivity contribution in [3.63, 3.8) is 0 Å². The van der Waals surface area contributed by atoms with Crippen molar-refractivity contribution >= 4 is 5.71 Å². The van der Waals surface area contributed by atoms with Crippen molar-refractivity contribution < 1.29 is 10.3 Å². The topological polar surface area (TPSA) is 52.8 Å². The van der Waals surface area contributed by atoms with Crippen LogP contribution in [0, 0.1) is 0 Å². The van der Waals surface area contributed by atoms with Gasteiger partial charge in [-0.05, 0) is 11.1 Å². The quantitative estimate of drug-likeness (QED) is 0.437. The molecule has 0 fully saturated rings. The Hall–Kier alpha value is -2.91. The first-order chi connectivity index (χ1) is 11.3. The van der Waals surface area contributed by atoms with Gasteiger partial charge in [0.15, 0.2) is 5.60 Å². The number of hydrogen-bond donors (Lipinski definition) is 2. The van der Waals surface area contributed by atoms with Crippen molar-refractivity contribution in [2.75, 3.05) is 0 Å². The van der Waals surface area contributed by atoms with E-state index in [0.29, 0.717) is 16.7 Å². The minimum atomic E-state index is -1.54. The number of hydrogen-bond acceptors (Lipinski definition) is 3. The van der Waals surface area contributed by atoms with Gasteiger partial charge in [0.25, 0.3) is 0 Å². The molecule has 3 nitrogen and oxygen atoms in total. The molecule has 114 valence electrons. The average molecular weight is 303 g/mol. The first kappa shape index (κ1) is 15.0. The van der Waals surface area contributed by atoms with Gasteiger partial charge in [-0.15, -0.1) is 0 Å². The largest absolute Gasteiger partial charge is 0.411 e. The van der Waals surface area contributed by atoms with Crippen LogP contribution in [0.1, 0.15) is 16.7 Å². The number of aliphatic hydroxyl groups is 1. The van der Waals surface area contributed by atoms with Crippen LogP contribution in [0.5, 0.6) is 0 Å². The van der Waals surface area contributed by atoms with Crippen LogP contribution in [-0.2, 0) is 5.60 Å². The number of oxime groups is 1. The summed E-state index contributed by atoms with van der Waals surface area (Å²) < 4.78 is 0. The Morgan fingerprint density at radius 2 is 1.04 bits per heavy atom. The Kier molecular flexibility index (Phi) is 4.22. The number of nitrogens with zero attached hydrogens (tertiary/aromatic N) is 1. The summed E-state index contributed by atoms with van der Waals surface area (Å²) in [6.45, 7) is 0. The maximum atomic E-state index is 11.6. The molecule has 0 amide bonds. The molecule has 2 N–H and O–H groups in total. The third-order valence-corrected chi connectivity index (χ3v) is 3.87. The molecule has 0 unspecified atom stereocenters. The van der Waals surface area contributed by atoms with Gasteiger partial charge in [-0.2, -0.15) is 0 Å². The standard InChI is InChI=1S/C20H17NO2/c22-20(17-12-6-2-7-13-17,18-14-8-3-9-15-18)19(21-23)16-10-4-1-5-11-16/h1-15,22-23H. The lowest BCUT2D eigenvalue weighted by Gasteiger charge is -2.30. The average Bonchev–Trinajstić information content (AvgIpc) is 2.64. The summed E-state index contributed by atoms with van der Waals surface area (Å²) in [5.74, 6) is 0. The van der Waals surface area contributed by atoms with Crippen LogP contribution >= 0.6 is 0 Å². The zero-order valence-corrected chi connectivity index (χ0v) is 12.5. The maximum Gasteiger partial charge on any atom is 0.161 e. The van der Waals surface area contributed by atoms with Gasteiger partial charge < -0.3 is 10.3 Å². The van der Waals surface area contributed by atoms with Crippen LogP contribution in [0.25, 0.3) is 0 Å². The van der Waals surface area contributed by atoms with Crippen molar-refractivity contribution in [2.24, 2.45) is 5.16 Å². The molecule has 0 aromatic heterocycles. The van der Waals surface area contributed by atoms with Gasteiger partial charge in [-0.3, -0.25) is 0 Å². The van der Waals surface area contributed by atoms with Gasteiger partial charge in [0, 0.05) is 5.56 Å². The van der Waals surface area contributed by atoms with Gasteiger partial charge in [0.05, 0.1) is 0 Å². The molecule has 0 saturated carbocycles. The normalized spacial score (nSPS) is 12.1. The molecule has 0 atom stereocenters. The van der Waals surface area contributed by atoms with E-state index >= 15 is 0 Å². The van der Waals surface area contributed by atoms with Crippen molar-refractivity contribution in [1.29, 1.82) is 0 Å². The van der Waals surface area contributed by atoms with E-state index in [-0.39, 0.29) is 5.71 Å². The fourth-order valence-corrected chi connectivity index (χ4v) is 2.73. The highest BCUT2D eigenvalue weighted by atomic mass is 16.4. The van der Waals surface area contributed by atoms with Gasteiger partial charge >= 0.3 is 0 Å². The second-order valence-corrected chi connectivity index (χ2v) is 5.26. The highest BCUT2D eigenvalue weighted by Gasteiger charge is 2.38. The summed E-state index contributed by atoms with van der Waals surface area (Å²) in [6.07, 6.45) is 0. The third kappa shape index (κ3) is 2.74. The highest BCUT2D eigenvalue weighted by molar-refractivity contribution is 6.08. The first-order valence-corrected chi connectivity index (χ1v) is 7.38. The van der Waals surface area contributed by atoms with Crippen LogP contribution in [0.15, 0.2) is 96.2 Å². The predicted molar refractivity (Wildman–Crippen MR) is 90.6 cm³/mol. The van der Waals surface area contributed by atoms with Gasteiger partial charge in [-0.1, -0.05) is 96.2 Å². The Labute approximate surface area is 135 Å². The Balaban J connectivity index is 2.25. The Morgan fingerprint density at radius 3 is 1.43 bits per heavy atom. The molecule has 3 rings (SSSR count). The molecule has 3 aromatic rings. The smallest absolute Gasteiger partial charge is 0.161 e. The van der Waals surface area contributed by atoms with Crippen LogP contribution in [0.3, 0.4) is 0 Å². The molecule has 3 heteroatoms. The van der Waals surface area contributed by atoms with E-state index in [1.54, 1.807) is 0 Å².